The number of imidazole rings is 1. The lowest BCUT2D eigenvalue weighted by Gasteiger charge is -2.26. The van der Waals surface area contributed by atoms with Crippen molar-refractivity contribution in [2.45, 2.75) is 25.8 Å². The minimum atomic E-state index is -0.179. The lowest BCUT2D eigenvalue weighted by Crippen LogP contribution is -2.34. The third-order valence-corrected chi connectivity index (χ3v) is 4.64. The van der Waals surface area contributed by atoms with Crippen molar-refractivity contribution in [1.29, 1.82) is 0 Å². The van der Waals surface area contributed by atoms with Gasteiger partial charge in [0, 0.05) is 49.4 Å². The maximum atomic E-state index is 12.5. The average molecular weight is 348 g/mol. The van der Waals surface area contributed by atoms with Crippen LogP contribution in [0.4, 0.5) is 5.69 Å². The second-order valence-electron chi connectivity index (χ2n) is 6.54. The van der Waals surface area contributed by atoms with Crippen LogP contribution in [0.25, 0.3) is 5.65 Å². The van der Waals surface area contributed by atoms with E-state index in [0.717, 1.165) is 36.3 Å². The Morgan fingerprint density at radius 1 is 1.15 bits per heavy atom. The molecule has 6 heteroatoms. The maximum Gasteiger partial charge on any atom is 0.255 e. The largest absolute Gasteiger partial charge is 0.338 e. The molecule has 1 N–H and O–H groups in total. The fourth-order valence-corrected chi connectivity index (χ4v) is 3.25. The summed E-state index contributed by atoms with van der Waals surface area (Å²) in [5.41, 5.74) is 3.03. The molecule has 0 radical (unpaired) electrons. The minimum Gasteiger partial charge on any atom is -0.338 e. The number of amides is 2. The highest BCUT2D eigenvalue weighted by Crippen LogP contribution is 2.18. The zero-order valence-corrected chi connectivity index (χ0v) is 14.4. The van der Waals surface area contributed by atoms with Crippen molar-refractivity contribution in [1.82, 2.24) is 14.3 Å². The highest BCUT2D eigenvalue weighted by atomic mass is 16.2. The summed E-state index contributed by atoms with van der Waals surface area (Å²) in [5, 5.41) is 2.92. The molecule has 132 valence electrons. The quantitative estimate of drug-likeness (QED) is 0.788. The van der Waals surface area contributed by atoms with E-state index in [1.807, 2.05) is 46.0 Å². The molecule has 6 nitrogen and oxygen atoms in total. The summed E-state index contributed by atoms with van der Waals surface area (Å²) in [5.74, 6) is 0.0281. The van der Waals surface area contributed by atoms with Gasteiger partial charge in [-0.2, -0.15) is 0 Å². The van der Waals surface area contributed by atoms with Gasteiger partial charge in [-0.05, 0) is 42.7 Å². The number of anilines is 1. The summed E-state index contributed by atoms with van der Waals surface area (Å²) in [6, 6.07) is 11.2. The Hall–Kier alpha value is -3.15. The molecule has 1 aromatic carbocycles. The normalized spacial score (nSPS) is 14.6. The molecule has 1 saturated heterocycles. The molecule has 1 aliphatic heterocycles. The summed E-state index contributed by atoms with van der Waals surface area (Å²) in [6.45, 7) is 1.39. The maximum absolute atomic E-state index is 12.5. The molecule has 3 aromatic rings. The van der Waals surface area contributed by atoms with E-state index in [4.69, 9.17) is 0 Å². The van der Waals surface area contributed by atoms with Gasteiger partial charge >= 0.3 is 0 Å². The van der Waals surface area contributed by atoms with Crippen LogP contribution in [0.5, 0.6) is 0 Å². The number of hydrogen-bond acceptors (Lipinski definition) is 3. The molecule has 0 unspecified atom stereocenters. The predicted molar refractivity (Wildman–Crippen MR) is 98.9 cm³/mol. The third kappa shape index (κ3) is 3.44. The highest BCUT2D eigenvalue weighted by Gasteiger charge is 2.18. The molecular formula is C20H20N4O2. The zero-order chi connectivity index (χ0) is 17.9. The monoisotopic (exact) mass is 348 g/mol. The van der Waals surface area contributed by atoms with E-state index < -0.39 is 0 Å². The summed E-state index contributed by atoms with van der Waals surface area (Å²) < 4.78 is 1.85. The van der Waals surface area contributed by atoms with Crippen LogP contribution >= 0.6 is 0 Å². The number of nitrogens with one attached hydrogen (secondary N) is 1. The van der Waals surface area contributed by atoms with Crippen LogP contribution in [0, 0.1) is 0 Å². The predicted octanol–water partition coefficient (Wildman–Crippen LogP) is 3.10. The lowest BCUT2D eigenvalue weighted by molar-refractivity contribution is -0.133. The standard InChI is InChI=1S/C20H20N4O2/c25-19-6-1-2-9-24(19)14-15-4-3-5-17(12-15)22-20(26)16-7-10-23-11-8-21-18(23)13-16/h3-5,7-8,10-13H,1-2,6,9,14H2,(H,22,26). The smallest absolute Gasteiger partial charge is 0.255 e. The number of carbonyl (C=O) groups excluding carboxylic acids is 2. The van der Waals surface area contributed by atoms with Gasteiger partial charge in [-0.3, -0.25) is 9.59 Å². The number of pyridine rings is 1. The molecule has 0 saturated carbocycles. The van der Waals surface area contributed by atoms with E-state index in [9.17, 15) is 9.59 Å². The van der Waals surface area contributed by atoms with Gasteiger partial charge in [-0.1, -0.05) is 12.1 Å². The molecular weight excluding hydrogens is 328 g/mol. The number of carbonyl (C=O) groups is 2. The number of nitrogens with zero attached hydrogens (tertiary/aromatic N) is 3. The van der Waals surface area contributed by atoms with E-state index in [0.29, 0.717) is 18.5 Å². The number of fused-ring (bicyclic) bond motifs is 1. The van der Waals surface area contributed by atoms with E-state index in [2.05, 4.69) is 10.3 Å². The molecule has 0 spiro atoms. The number of benzene rings is 1. The minimum absolute atomic E-state index is 0.179. The first kappa shape index (κ1) is 16.3. The molecule has 0 atom stereocenters. The van der Waals surface area contributed by atoms with E-state index >= 15 is 0 Å². The Labute approximate surface area is 151 Å². The van der Waals surface area contributed by atoms with Gasteiger partial charge in [0.05, 0.1) is 0 Å². The molecule has 2 aromatic heterocycles. The fraction of sp³-hybridized carbons (Fsp3) is 0.250. The zero-order valence-electron chi connectivity index (χ0n) is 14.4. The number of piperidine rings is 1. The van der Waals surface area contributed by atoms with Crippen molar-refractivity contribution in [2.75, 3.05) is 11.9 Å². The van der Waals surface area contributed by atoms with Gasteiger partial charge in [0.1, 0.15) is 5.65 Å². The van der Waals surface area contributed by atoms with Crippen LogP contribution in [-0.2, 0) is 11.3 Å². The van der Waals surface area contributed by atoms with Gasteiger partial charge in [-0.25, -0.2) is 4.98 Å². The Kier molecular flexibility index (Phi) is 4.39. The summed E-state index contributed by atoms with van der Waals surface area (Å²) in [4.78, 5) is 30.6. The Balaban J connectivity index is 1.47. The van der Waals surface area contributed by atoms with Gasteiger partial charge in [0.15, 0.2) is 0 Å². The SMILES string of the molecule is O=C(Nc1cccc(CN2CCCCC2=O)c1)c1ccn2ccnc2c1. The third-order valence-electron chi connectivity index (χ3n) is 4.64. The first-order chi connectivity index (χ1) is 12.7. The van der Waals surface area contributed by atoms with Crippen LogP contribution < -0.4 is 5.32 Å². The van der Waals surface area contributed by atoms with Gasteiger partial charge in [-0.15, -0.1) is 0 Å². The second kappa shape index (κ2) is 7.00. The number of rotatable bonds is 4. The van der Waals surface area contributed by atoms with E-state index in [-0.39, 0.29) is 11.8 Å². The molecule has 3 heterocycles. The molecule has 0 aliphatic carbocycles. The Morgan fingerprint density at radius 2 is 2.08 bits per heavy atom. The van der Waals surface area contributed by atoms with Gasteiger partial charge in [0.2, 0.25) is 5.91 Å². The van der Waals surface area contributed by atoms with Crippen LogP contribution in [0.2, 0.25) is 0 Å². The summed E-state index contributed by atoms with van der Waals surface area (Å²) >= 11 is 0. The van der Waals surface area contributed by atoms with Crippen LogP contribution in [0.3, 0.4) is 0 Å². The van der Waals surface area contributed by atoms with E-state index in [1.54, 1.807) is 18.3 Å². The van der Waals surface area contributed by atoms with Crippen molar-refractivity contribution in [3.05, 3.63) is 66.1 Å². The lowest BCUT2D eigenvalue weighted by atomic mass is 10.1. The topological polar surface area (TPSA) is 66.7 Å². The van der Waals surface area contributed by atoms with Crippen molar-refractivity contribution in [3.8, 4) is 0 Å². The average Bonchev–Trinajstić information content (AvgIpc) is 3.12. The highest BCUT2D eigenvalue weighted by molar-refractivity contribution is 6.04. The van der Waals surface area contributed by atoms with Crippen molar-refractivity contribution >= 4 is 23.1 Å². The number of likely N-dealkylation sites (tertiary alicyclic amines) is 1. The van der Waals surface area contributed by atoms with Gasteiger partial charge in [0.25, 0.3) is 5.91 Å². The second-order valence-corrected chi connectivity index (χ2v) is 6.54. The molecule has 1 fully saturated rings. The molecule has 26 heavy (non-hydrogen) atoms. The van der Waals surface area contributed by atoms with Crippen molar-refractivity contribution in [2.24, 2.45) is 0 Å². The van der Waals surface area contributed by atoms with E-state index in [1.165, 1.54) is 0 Å². The summed E-state index contributed by atoms with van der Waals surface area (Å²) in [7, 11) is 0. The first-order valence-electron chi connectivity index (χ1n) is 8.80. The number of hydrogen-bond donors (Lipinski definition) is 1. The Morgan fingerprint density at radius 3 is 2.96 bits per heavy atom. The molecule has 2 amide bonds. The van der Waals surface area contributed by atoms with Crippen LogP contribution in [0.1, 0.15) is 35.2 Å². The summed E-state index contributed by atoms with van der Waals surface area (Å²) in [6.07, 6.45) is 8.01. The van der Waals surface area contributed by atoms with Crippen LogP contribution in [-0.4, -0.2) is 32.6 Å². The van der Waals surface area contributed by atoms with Crippen molar-refractivity contribution < 1.29 is 9.59 Å². The number of aromatic nitrogens is 2. The molecule has 0 bridgehead atoms. The molecule has 4 rings (SSSR count). The molecule has 1 aliphatic rings. The van der Waals surface area contributed by atoms with Gasteiger partial charge < -0.3 is 14.6 Å². The Bertz CT molecular complexity index is 963. The fourth-order valence-electron chi connectivity index (χ4n) is 3.25. The van der Waals surface area contributed by atoms with Crippen LogP contribution in [0.15, 0.2) is 55.0 Å². The van der Waals surface area contributed by atoms with Crippen molar-refractivity contribution in [3.63, 3.8) is 0 Å². The first-order valence-corrected chi connectivity index (χ1v) is 8.80.